The predicted octanol–water partition coefficient (Wildman–Crippen LogP) is 2.09. The first-order chi connectivity index (χ1) is 14.7. The van der Waals surface area contributed by atoms with Gasteiger partial charge >= 0.3 is 0 Å². The van der Waals surface area contributed by atoms with Gasteiger partial charge in [-0.2, -0.15) is 10.1 Å². The van der Waals surface area contributed by atoms with E-state index in [-0.39, 0.29) is 5.95 Å². The van der Waals surface area contributed by atoms with Gasteiger partial charge < -0.3 is 26.0 Å². The van der Waals surface area contributed by atoms with E-state index in [1.54, 1.807) is 7.11 Å². The van der Waals surface area contributed by atoms with E-state index in [0.717, 1.165) is 67.9 Å². The molecule has 0 bridgehead atoms. The summed E-state index contributed by atoms with van der Waals surface area (Å²) < 4.78 is 7.49. The standard InChI is InChI=1S/C21H30N8O/c1-3-4-7-24-20-19-17(25-21(22)26-20)14-29(27-19)13-15-12-16(5-6-18(15)30-2)28-10-8-23-9-11-28/h5-6,12,14,23H,3-4,7-11,13H2,1-2H3,(H3,22,24,25,26). The first-order valence-corrected chi connectivity index (χ1v) is 10.5. The zero-order valence-electron chi connectivity index (χ0n) is 17.7. The van der Waals surface area contributed by atoms with Crippen LogP contribution in [0.15, 0.2) is 24.4 Å². The van der Waals surface area contributed by atoms with Gasteiger partial charge in [0.25, 0.3) is 0 Å². The monoisotopic (exact) mass is 410 g/mol. The van der Waals surface area contributed by atoms with E-state index in [4.69, 9.17) is 15.6 Å². The third kappa shape index (κ3) is 4.40. The topological polar surface area (TPSA) is 106 Å². The lowest BCUT2D eigenvalue weighted by atomic mass is 10.1. The number of ether oxygens (including phenoxy) is 1. The number of piperazine rings is 1. The summed E-state index contributed by atoms with van der Waals surface area (Å²) in [7, 11) is 1.70. The molecule has 1 aliphatic heterocycles. The molecule has 0 aliphatic carbocycles. The summed E-state index contributed by atoms with van der Waals surface area (Å²) in [5.41, 5.74) is 9.65. The minimum atomic E-state index is 0.249. The predicted molar refractivity (Wildman–Crippen MR) is 120 cm³/mol. The molecule has 1 aliphatic rings. The second-order valence-electron chi connectivity index (χ2n) is 7.50. The molecule has 4 N–H and O–H groups in total. The molecule has 3 heterocycles. The number of nitrogens with zero attached hydrogens (tertiary/aromatic N) is 5. The molecule has 2 aromatic heterocycles. The fourth-order valence-corrected chi connectivity index (χ4v) is 3.75. The number of hydrogen-bond acceptors (Lipinski definition) is 8. The van der Waals surface area contributed by atoms with Crippen molar-refractivity contribution in [2.45, 2.75) is 26.3 Å². The molecule has 0 saturated carbocycles. The number of nitrogens with one attached hydrogen (secondary N) is 2. The van der Waals surface area contributed by atoms with Crippen molar-refractivity contribution in [2.75, 3.05) is 55.8 Å². The van der Waals surface area contributed by atoms with Crippen molar-refractivity contribution in [3.8, 4) is 5.75 Å². The van der Waals surface area contributed by atoms with Crippen LogP contribution in [0, 0.1) is 0 Å². The lowest BCUT2D eigenvalue weighted by Gasteiger charge is -2.30. The first-order valence-electron chi connectivity index (χ1n) is 10.5. The fraction of sp³-hybridized carbons (Fsp3) is 0.476. The summed E-state index contributed by atoms with van der Waals surface area (Å²) in [4.78, 5) is 11.1. The zero-order valence-corrected chi connectivity index (χ0v) is 17.7. The number of anilines is 3. The molecule has 3 aromatic rings. The van der Waals surface area contributed by atoms with Gasteiger partial charge in [0.05, 0.1) is 19.9 Å². The summed E-state index contributed by atoms with van der Waals surface area (Å²) in [5.74, 6) is 1.78. The highest BCUT2D eigenvalue weighted by Crippen LogP contribution is 2.27. The van der Waals surface area contributed by atoms with Gasteiger partial charge in [0.15, 0.2) is 11.3 Å². The van der Waals surface area contributed by atoms with E-state index in [1.807, 2.05) is 16.9 Å². The van der Waals surface area contributed by atoms with Crippen molar-refractivity contribution in [2.24, 2.45) is 0 Å². The lowest BCUT2D eigenvalue weighted by molar-refractivity contribution is 0.407. The van der Waals surface area contributed by atoms with E-state index in [1.165, 1.54) is 5.69 Å². The maximum Gasteiger partial charge on any atom is 0.222 e. The Morgan fingerprint density at radius 1 is 1.23 bits per heavy atom. The number of fused-ring (bicyclic) bond motifs is 1. The van der Waals surface area contributed by atoms with Gasteiger partial charge in [-0.25, -0.2) is 4.98 Å². The molecule has 0 radical (unpaired) electrons. The van der Waals surface area contributed by atoms with Crippen LogP contribution < -0.4 is 26.0 Å². The van der Waals surface area contributed by atoms with Crippen LogP contribution in [0.1, 0.15) is 25.3 Å². The van der Waals surface area contributed by atoms with Crippen molar-refractivity contribution in [3.05, 3.63) is 30.0 Å². The maximum absolute atomic E-state index is 5.91. The smallest absolute Gasteiger partial charge is 0.222 e. The largest absolute Gasteiger partial charge is 0.496 e. The molecule has 1 aromatic carbocycles. The molecule has 30 heavy (non-hydrogen) atoms. The Morgan fingerprint density at radius 2 is 2.07 bits per heavy atom. The minimum Gasteiger partial charge on any atom is -0.496 e. The van der Waals surface area contributed by atoms with Crippen LogP contribution in [0.25, 0.3) is 11.0 Å². The second kappa shape index (κ2) is 9.17. The highest BCUT2D eigenvalue weighted by Gasteiger charge is 2.15. The SMILES string of the molecule is CCCCNc1nc(N)nc2cn(Cc3cc(N4CCNCC4)ccc3OC)nc12. The Hall–Kier alpha value is -3.07. The van der Waals surface area contributed by atoms with Gasteiger partial charge in [0.1, 0.15) is 11.3 Å². The third-order valence-electron chi connectivity index (χ3n) is 5.33. The van der Waals surface area contributed by atoms with Gasteiger partial charge in [0, 0.05) is 44.0 Å². The first kappa shape index (κ1) is 20.2. The minimum absolute atomic E-state index is 0.249. The zero-order chi connectivity index (χ0) is 20.9. The Bertz CT molecular complexity index is 996. The number of methoxy groups -OCH3 is 1. The van der Waals surface area contributed by atoms with E-state index in [9.17, 15) is 0 Å². The molecule has 1 saturated heterocycles. The second-order valence-corrected chi connectivity index (χ2v) is 7.50. The van der Waals surface area contributed by atoms with Gasteiger partial charge in [-0.05, 0) is 24.6 Å². The van der Waals surface area contributed by atoms with Gasteiger partial charge in [-0.1, -0.05) is 13.3 Å². The molecule has 0 atom stereocenters. The normalized spacial score (nSPS) is 14.3. The van der Waals surface area contributed by atoms with E-state index < -0.39 is 0 Å². The summed E-state index contributed by atoms with van der Waals surface area (Å²) in [6.45, 7) is 7.56. The maximum atomic E-state index is 5.91. The summed E-state index contributed by atoms with van der Waals surface area (Å²) in [6.07, 6.45) is 4.08. The highest BCUT2D eigenvalue weighted by atomic mass is 16.5. The molecule has 9 heteroatoms. The highest BCUT2D eigenvalue weighted by molar-refractivity contribution is 5.85. The number of unbranched alkanes of at least 4 members (excludes halogenated alkanes) is 1. The van der Waals surface area contributed by atoms with Crippen molar-refractivity contribution >= 4 is 28.5 Å². The number of benzene rings is 1. The van der Waals surface area contributed by atoms with E-state index >= 15 is 0 Å². The van der Waals surface area contributed by atoms with Gasteiger partial charge in [-0.15, -0.1) is 0 Å². The molecule has 0 amide bonds. The molecule has 9 nitrogen and oxygen atoms in total. The van der Waals surface area contributed by atoms with Crippen LogP contribution in [0.2, 0.25) is 0 Å². The number of rotatable bonds is 8. The number of nitrogen functional groups attached to an aromatic ring is 1. The van der Waals surface area contributed by atoms with Crippen LogP contribution in [0.3, 0.4) is 0 Å². The summed E-state index contributed by atoms with van der Waals surface area (Å²) in [6, 6.07) is 6.34. The number of aromatic nitrogens is 4. The van der Waals surface area contributed by atoms with E-state index in [2.05, 4.69) is 44.6 Å². The van der Waals surface area contributed by atoms with Crippen LogP contribution in [0.5, 0.6) is 5.75 Å². The Balaban J connectivity index is 1.62. The van der Waals surface area contributed by atoms with Crippen molar-refractivity contribution < 1.29 is 4.74 Å². The molecule has 160 valence electrons. The molecule has 4 rings (SSSR count). The van der Waals surface area contributed by atoms with Crippen LogP contribution in [0.4, 0.5) is 17.5 Å². The molecular formula is C21H30N8O. The Morgan fingerprint density at radius 3 is 2.83 bits per heavy atom. The molecule has 0 spiro atoms. The third-order valence-corrected chi connectivity index (χ3v) is 5.33. The fourth-order valence-electron chi connectivity index (χ4n) is 3.75. The van der Waals surface area contributed by atoms with Gasteiger partial charge in [-0.3, -0.25) is 4.68 Å². The van der Waals surface area contributed by atoms with Crippen LogP contribution in [-0.2, 0) is 6.54 Å². The van der Waals surface area contributed by atoms with Crippen molar-refractivity contribution in [3.63, 3.8) is 0 Å². The molecular weight excluding hydrogens is 380 g/mol. The average Bonchev–Trinajstić information content (AvgIpc) is 3.16. The van der Waals surface area contributed by atoms with Gasteiger partial charge in [0.2, 0.25) is 5.95 Å². The van der Waals surface area contributed by atoms with Crippen LogP contribution >= 0.6 is 0 Å². The molecule has 1 fully saturated rings. The number of hydrogen-bond donors (Lipinski definition) is 3. The van der Waals surface area contributed by atoms with Crippen LogP contribution in [-0.4, -0.2) is 59.6 Å². The van der Waals surface area contributed by atoms with Crippen molar-refractivity contribution in [1.82, 2.24) is 25.1 Å². The average molecular weight is 411 g/mol. The molecule has 0 unspecified atom stereocenters. The van der Waals surface area contributed by atoms with Crippen molar-refractivity contribution in [1.29, 1.82) is 0 Å². The van der Waals surface area contributed by atoms with E-state index in [0.29, 0.717) is 12.4 Å². The summed E-state index contributed by atoms with van der Waals surface area (Å²) >= 11 is 0. The Kier molecular flexibility index (Phi) is 6.18. The lowest BCUT2D eigenvalue weighted by Crippen LogP contribution is -2.43. The Labute approximate surface area is 176 Å². The number of nitrogens with two attached hydrogens (primary N) is 1. The summed E-state index contributed by atoms with van der Waals surface area (Å²) in [5, 5.41) is 11.5. The quantitative estimate of drug-likeness (QED) is 0.485.